The fourth-order valence-corrected chi connectivity index (χ4v) is 7.39. The van der Waals surface area contributed by atoms with Crippen molar-refractivity contribution in [3.8, 4) is 22.3 Å². The molecule has 9 rings (SSSR count). The molecule has 3 nitrogen and oxygen atoms in total. The topological polar surface area (TPSA) is 19.4 Å². The highest BCUT2D eigenvalue weighted by Gasteiger charge is 2.21. The summed E-state index contributed by atoms with van der Waals surface area (Å²) in [6.07, 6.45) is 12.9. The number of nitrogens with zero attached hydrogens (tertiary/aromatic N) is 3. The summed E-state index contributed by atoms with van der Waals surface area (Å²) in [5.41, 5.74) is 14.5. The Labute approximate surface area is 269 Å². The number of hydrogen-bond acceptors (Lipinski definition) is 3. The van der Waals surface area contributed by atoms with Crippen LogP contribution in [0.3, 0.4) is 0 Å². The number of rotatable bonds is 2. The van der Waals surface area contributed by atoms with E-state index in [0.717, 1.165) is 5.39 Å². The van der Waals surface area contributed by atoms with Crippen molar-refractivity contribution in [2.45, 2.75) is 0 Å². The second kappa shape index (κ2) is 10.3. The summed E-state index contributed by atoms with van der Waals surface area (Å²) in [5, 5.41) is 4.80. The minimum absolute atomic E-state index is 1.15. The van der Waals surface area contributed by atoms with E-state index >= 15 is 0 Å². The molecule has 218 valence electrons. The third kappa shape index (κ3) is 4.02. The molecule has 46 heavy (non-hydrogen) atoms. The van der Waals surface area contributed by atoms with E-state index in [2.05, 4.69) is 168 Å². The second-order valence-electron chi connectivity index (χ2n) is 12.2. The van der Waals surface area contributed by atoms with Gasteiger partial charge < -0.3 is 9.80 Å². The molecule has 2 aliphatic heterocycles. The van der Waals surface area contributed by atoms with E-state index < -0.39 is 0 Å². The molecule has 7 aromatic rings. The molecule has 0 saturated carbocycles. The Morgan fingerprint density at radius 2 is 0.848 bits per heavy atom. The first-order valence-corrected chi connectivity index (χ1v) is 15.7. The highest BCUT2D eigenvalue weighted by Crippen LogP contribution is 2.47. The number of fused-ring (bicyclic) bond motifs is 6. The first kappa shape index (κ1) is 26.5. The lowest BCUT2D eigenvalue weighted by Crippen LogP contribution is -2.11. The van der Waals surface area contributed by atoms with Crippen LogP contribution in [0.5, 0.6) is 0 Å². The van der Waals surface area contributed by atoms with Crippen molar-refractivity contribution in [2.24, 2.45) is 0 Å². The van der Waals surface area contributed by atoms with E-state index in [1.165, 1.54) is 83.4 Å². The van der Waals surface area contributed by atoms with Crippen LogP contribution < -0.4 is 9.80 Å². The Bertz CT molecular complexity index is 2190. The fraction of sp³-hybridized carbons (Fsp3) is 0.0465. The summed E-state index contributed by atoms with van der Waals surface area (Å²) in [6.45, 7) is 0. The van der Waals surface area contributed by atoms with E-state index in [1.54, 1.807) is 0 Å². The average Bonchev–Trinajstić information content (AvgIpc) is 3.34. The molecule has 0 unspecified atom stereocenters. The van der Waals surface area contributed by atoms with Gasteiger partial charge in [-0.3, -0.25) is 4.98 Å². The standard InChI is InChI=1S/C43H31N3/c1-45-38-13-7-3-9-28(38)15-17-30-19-21-32(25-40(30)45)42-34-11-5-6-12-35(34)43(37-27-44-24-23-36(37)42)33-22-20-31-18-16-29-10-4-8-14-39(29)46(2)41(31)26-33/h3-27H,1-2H3. The lowest BCUT2D eigenvalue weighted by atomic mass is 9.86. The highest BCUT2D eigenvalue weighted by molar-refractivity contribution is 6.21. The van der Waals surface area contributed by atoms with Crippen molar-refractivity contribution in [1.29, 1.82) is 0 Å². The maximum atomic E-state index is 4.67. The first-order chi connectivity index (χ1) is 22.7. The van der Waals surface area contributed by atoms with Gasteiger partial charge in [-0.15, -0.1) is 0 Å². The minimum Gasteiger partial charge on any atom is -0.344 e. The maximum Gasteiger partial charge on any atom is 0.0488 e. The van der Waals surface area contributed by atoms with Crippen LogP contribution in [-0.2, 0) is 0 Å². The summed E-state index contributed by atoms with van der Waals surface area (Å²) < 4.78 is 0. The largest absolute Gasteiger partial charge is 0.344 e. The predicted molar refractivity (Wildman–Crippen MR) is 197 cm³/mol. The van der Waals surface area contributed by atoms with Crippen LogP contribution in [0.2, 0.25) is 0 Å². The van der Waals surface area contributed by atoms with Crippen LogP contribution in [0, 0.1) is 0 Å². The molecule has 0 saturated heterocycles. The summed E-state index contributed by atoms with van der Waals surface area (Å²) in [4.78, 5) is 9.29. The number of benzene rings is 6. The highest BCUT2D eigenvalue weighted by atomic mass is 15.1. The average molecular weight is 590 g/mol. The van der Waals surface area contributed by atoms with Crippen LogP contribution in [0.25, 0.3) is 68.1 Å². The van der Waals surface area contributed by atoms with Gasteiger partial charge in [-0.05, 0) is 91.0 Å². The van der Waals surface area contributed by atoms with Gasteiger partial charge in [-0.25, -0.2) is 0 Å². The molecule has 0 fully saturated rings. The normalized spacial score (nSPS) is 13.2. The number of hydrogen-bond donors (Lipinski definition) is 0. The molecule has 0 radical (unpaired) electrons. The van der Waals surface area contributed by atoms with Gasteiger partial charge in [-0.1, -0.05) is 109 Å². The number of pyridine rings is 1. The van der Waals surface area contributed by atoms with Gasteiger partial charge in [0.15, 0.2) is 0 Å². The minimum atomic E-state index is 1.15. The molecule has 0 bridgehead atoms. The van der Waals surface area contributed by atoms with Crippen molar-refractivity contribution in [2.75, 3.05) is 23.9 Å². The van der Waals surface area contributed by atoms with E-state index in [-0.39, 0.29) is 0 Å². The quantitative estimate of drug-likeness (QED) is 0.187. The lowest BCUT2D eigenvalue weighted by Gasteiger charge is -2.24. The van der Waals surface area contributed by atoms with Crippen LogP contribution in [-0.4, -0.2) is 19.1 Å². The summed E-state index contributed by atoms with van der Waals surface area (Å²) >= 11 is 0. The fourth-order valence-electron chi connectivity index (χ4n) is 7.39. The van der Waals surface area contributed by atoms with E-state index in [1.807, 2.05) is 12.4 Å². The SMILES string of the molecule is CN1c2ccccc2C=Cc2ccc(-c3c4ccccc4c(-c4ccc5c(c4)N(C)c4ccccc4C=C5)c4cnccc34)cc21. The van der Waals surface area contributed by atoms with E-state index in [0.29, 0.717) is 0 Å². The molecule has 2 aliphatic rings. The van der Waals surface area contributed by atoms with Crippen LogP contribution in [0.4, 0.5) is 22.7 Å². The molecule has 3 heteroatoms. The zero-order valence-corrected chi connectivity index (χ0v) is 25.8. The third-order valence-corrected chi connectivity index (χ3v) is 9.67. The van der Waals surface area contributed by atoms with E-state index in [4.69, 9.17) is 0 Å². The van der Waals surface area contributed by atoms with E-state index in [9.17, 15) is 0 Å². The Balaban J connectivity index is 1.27. The molecule has 0 aliphatic carbocycles. The van der Waals surface area contributed by atoms with Crippen molar-refractivity contribution in [1.82, 2.24) is 4.98 Å². The van der Waals surface area contributed by atoms with Crippen LogP contribution in [0.1, 0.15) is 22.3 Å². The van der Waals surface area contributed by atoms with Gasteiger partial charge in [-0.2, -0.15) is 0 Å². The van der Waals surface area contributed by atoms with Crippen molar-refractivity contribution >= 4 is 68.6 Å². The molecular formula is C43H31N3. The van der Waals surface area contributed by atoms with Crippen molar-refractivity contribution in [3.05, 3.63) is 150 Å². The van der Waals surface area contributed by atoms with Gasteiger partial charge >= 0.3 is 0 Å². The van der Waals surface area contributed by atoms with Crippen molar-refractivity contribution < 1.29 is 0 Å². The van der Waals surface area contributed by atoms with Gasteiger partial charge in [0.05, 0.1) is 0 Å². The van der Waals surface area contributed by atoms with Gasteiger partial charge in [0.1, 0.15) is 0 Å². The zero-order valence-electron chi connectivity index (χ0n) is 25.8. The van der Waals surface area contributed by atoms with Gasteiger partial charge in [0.2, 0.25) is 0 Å². The Morgan fingerprint density at radius 1 is 0.413 bits per heavy atom. The Morgan fingerprint density at radius 3 is 1.39 bits per heavy atom. The molecule has 0 amide bonds. The van der Waals surface area contributed by atoms with Crippen LogP contribution >= 0.6 is 0 Å². The van der Waals surface area contributed by atoms with Gasteiger partial charge in [0, 0.05) is 54.6 Å². The smallest absolute Gasteiger partial charge is 0.0488 e. The summed E-state index contributed by atoms with van der Waals surface area (Å²) in [5.74, 6) is 0. The molecule has 1 aromatic heterocycles. The molecule has 0 spiro atoms. The second-order valence-corrected chi connectivity index (χ2v) is 12.2. The number of aromatic nitrogens is 1. The van der Waals surface area contributed by atoms with Gasteiger partial charge in [0.25, 0.3) is 0 Å². The number of para-hydroxylation sites is 2. The summed E-state index contributed by atoms with van der Waals surface area (Å²) in [6, 6.07) is 41.9. The Hall–Kier alpha value is -5.93. The third-order valence-electron chi connectivity index (χ3n) is 9.67. The molecular weight excluding hydrogens is 558 g/mol. The monoisotopic (exact) mass is 589 g/mol. The first-order valence-electron chi connectivity index (χ1n) is 15.7. The summed E-state index contributed by atoms with van der Waals surface area (Å²) in [7, 11) is 4.33. The molecule has 6 aromatic carbocycles. The van der Waals surface area contributed by atoms with Crippen LogP contribution in [0.15, 0.2) is 128 Å². The molecule has 3 heterocycles. The lowest BCUT2D eigenvalue weighted by molar-refractivity contribution is 1.20. The maximum absolute atomic E-state index is 4.67. The zero-order chi connectivity index (χ0) is 30.8. The Kier molecular flexibility index (Phi) is 5.94. The predicted octanol–water partition coefficient (Wildman–Crippen LogP) is 11.2. The molecule has 0 N–H and O–H groups in total. The molecule has 0 atom stereocenters. The number of anilines is 4. The van der Waals surface area contributed by atoms with Crippen molar-refractivity contribution in [3.63, 3.8) is 0 Å².